The highest BCUT2D eigenvalue weighted by molar-refractivity contribution is 5.92. The number of carbonyl (C=O) groups excluding carboxylic acids is 1. The van der Waals surface area contributed by atoms with E-state index in [-0.39, 0.29) is 23.6 Å². The van der Waals surface area contributed by atoms with Crippen LogP contribution < -0.4 is 10.1 Å². The molecule has 130 valence electrons. The van der Waals surface area contributed by atoms with Gasteiger partial charge in [0.15, 0.2) is 5.75 Å². The molecule has 2 N–H and O–H groups in total. The Morgan fingerprint density at radius 3 is 2.88 bits per heavy atom. The maximum Gasteiger partial charge on any atom is 0.272 e. The van der Waals surface area contributed by atoms with E-state index in [1.54, 1.807) is 18.5 Å². The van der Waals surface area contributed by atoms with Gasteiger partial charge in [0.1, 0.15) is 11.8 Å². The summed E-state index contributed by atoms with van der Waals surface area (Å²) in [5.74, 6) is 0.398. The Balaban J connectivity index is 1.68. The predicted octanol–water partition coefficient (Wildman–Crippen LogP) is 1.25. The zero-order chi connectivity index (χ0) is 17.3. The van der Waals surface area contributed by atoms with Gasteiger partial charge in [-0.3, -0.25) is 14.6 Å². The third-order valence-electron chi connectivity index (χ3n) is 3.86. The average molecular weight is 333 g/mol. The van der Waals surface area contributed by atoms with Crippen molar-refractivity contribution in [1.82, 2.24) is 25.3 Å². The highest BCUT2D eigenvalue weighted by atomic mass is 16.5. The molecule has 0 unspecified atom stereocenters. The predicted molar refractivity (Wildman–Crippen MR) is 87.0 cm³/mol. The van der Waals surface area contributed by atoms with Crippen molar-refractivity contribution in [2.45, 2.75) is 45.4 Å². The molecule has 8 nitrogen and oxygen atoms in total. The minimum Gasteiger partial charge on any atom is -0.482 e. The number of aryl methyl sites for hydroxylation is 1. The Morgan fingerprint density at radius 1 is 1.46 bits per heavy atom. The molecule has 0 spiro atoms. The number of ether oxygens (including phenoxy) is 2. The maximum atomic E-state index is 12.5. The van der Waals surface area contributed by atoms with Gasteiger partial charge in [-0.05, 0) is 33.8 Å². The number of nitrogens with zero attached hydrogens (tertiary/aromatic N) is 3. The van der Waals surface area contributed by atoms with E-state index >= 15 is 0 Å². The molecule has 2 aromatic rings. The lowest BCUT2D eigenvalue weighted by Crippen LogP contribution is -2.45. The van der Waals surface area contributed by atoms with E-state index in [0.717, 1.165) is 5.69 Å². The molecule has 3 heterocycles. The Hall–Kier alpha value is -2.35. The van der Waals surface area contributed by atoms with E-state index in [1.807, 2.05) is 32.4 Å². The smallest absolute Gasteiger partial charge is 0.272 e. The van der Waals surface area contributed by atoms with Crippen molar-refractivity contribution >= 4 is 5.91 Å². The first-order chi connectivity index (χ1) is 11.3. The highest BCUT2D eigenvalue weighted by Crippen LogP contribution is 2.18. The summed E-state index contributed by atoms with van der Waals surface area (Å²) in [6.45, 7) is 8.92. The molecule has 0 saturated carbocycles. The fourth-order valence-electron chi connectivity index (χ4n) is 2.77. The van der Waals surface area contributed by atoms with Crippen LogP contribution in [0.2, 0.25) is 0 Å². The van der Waals surface area contributed by atoms with Crippen LogP contribution in [-0.2, 0) is 10.3 Å². The van der Waals surface area contributed by atoms with E-state index in [4.69, 9.17) is 9.47 Å². The fourth-order valence-corrected chi connectivity index (χ4v) is 2.77. The van der Waals surface area contributed by atoms with Gasteiger partial charge in [-0.15, -0.1) is 0 Å². The van der Waals surface area contributed by atoms with Crippen LogP contribution in [0.1, 0.15) is 37.0 Å². The Bertz CT molecular complexity index is 702. The largest absolute Gasteiger partial charge is 0.482 e. The van der Waals surface area contributed by atoms with Crippen LogP contribution in [0.15, 0.2) is 18.5 Å². The summed E-state index contributed by atoms with van der Waals surface area (Å²) in [5.41, 5.74) is 1.17. The summed E-state index contributed by atoms with van der Waals surface area (Å²) in [6.07, 6.45) is 2.99. The van der Waals surface area contributed by atoms with Gasteiger partial charge in [-0.2, -0.15) is 10.2 Å². The Labute approximate surface area is 140 Å². The van der Waals surface area contributed by atoms with Gasteiger partial charge < -0.3 is 14.8 Å². The summed E-state index contributed by atoms with van der Waals surface area (Å²) in [7, 11) is 0. The fraction of sp³-hybridized carbons (Fsp3) is 0.562. The molecule has 24 heavy (non-hydrogen) atoms. The van der Waals surface area contributed by atoms with E-state index in [2.05, 4.69) is 20.6 Å². The molecule has 2 atom stereocenters. The molecular weight excluding hydrogens is 310 g/mol. The lowest BCUT2D eigenvalue weighted by Gasteiger charge is -2.21. The summed E-state index contributed by atoms with van der Waals surface area (Å²) in [4.78, 5) is 12.5. The lowest BCUT2D eigenvalue weighted by molar-refractivity contribution is 0.0897. The van der Waals surface area contributed by atoms with Crippen LogP contribution in [-0.4, -0.2) is 51.2 Å². The van der Waals surface area contributed by atoms with Gasteiger partial charge in [0.2, 0.25) is 0 Å². The lowest BCUT2D eigenvalue weighted by atomic mass is 10.1. The molecule has 0 aliphatic carbocycles. The number of H-pyrrole nitrogens is 1. The van der Waals surface area contributed by atoms with Crippen LogP contribution in [0.3, 0.4) is 0 Å². The first-order valence-electron chi connectivity index (χ1n) is 7.96. The number of aromatic nitrogens is 4. The standard InChI is InChI=1S/C16H23N5O3/c1-10-5-12(20-21(10)16(2,3)4)15(22)19-13-8-23-9-14(13)24-11-6-17-18-7-11/h5-7,13-14H,8-9H2,1-4H3,(H,17,18)(H,19,22)/t13-,14+/m0/s1. The van der Waals surface area contributed by atoms with Gasteiger partial charge >= 0.3 is 0 Å². The van der Waals surface area contributed by atoms with Crippen molar-refractivity contribution in [2.75, 3.05) is 13.2 Å². The quantitative estimate of drug-likeness (QED) is 0.878. The van der Waals surface area contributed by atoms with Crippen LogP contribution >= 0.6 is 0 Å². The monoisotopic (exact) mass is 333 g/mol. The number of aromatic amines is 1. The normalized spacial score (nSPS) is 21.0. The minimum atomic E-state index is -0.252. The molecule has 1 fully saturated rings. The molecular formula is C16H23N5O3. The van der Waals surface area contributed by atoms with Crippen LogP contribution in [0.5, 0.6) is 5.75 Å². The van der Waals surface area contributed by atoms with Crippen molar-refractivity contribution < 1.29 is 14.3 Å². The zero-order valence-electron chi connectivity index (χ0n) is 14.4. The SMILES string of the molecule is Cc1cc(C(=O)N[C@H]2COC[C@H]2Oc2cn[nH]c2)nn1C(C)(C)C. The number of nitrogens with one attached hydrogen (secondary N) is 2. The van der Waals surface area contributed by atoms with Crippen molar-refractivity contribution in [1.29, 1.82) is 0 Å². The van der Waals surface area contributed by atoms with Crippen molar-refractivity contribution in [2.24, 2.45) is 0 Å². The summed E-state index contributed by atoms with van der Waals surface area (Å²) >= 11 is 0. The van der Waals surface area contributed by atoms with Crippen LogP contribution in [0.4, 0.5) is 0 Å². The van der Waals surface area contributed by atoms with Gasteiger partial charge in [0, 0.05) is 5.69 Å². The highest BCUT2D eigenvalue weighted by Gasteiger charge is 2.32. The summed E-state index contributed by atoms with van der Waals surface area (Å²) in [6, 6.07) is 1.56. The molecule has 2 aromatic heterocycles. The molecule has 1 aliphatic rings. The average Bonchev–Trinajstić information content (AvgIpc) is 3.20. The van der Waals surface area contributed by atoms with Crippen molar-refractivity contribution in [3.8, 4) is 5.75 Å². The second-order valence-electron chi connectivity index (χ2n) is 6.96. The van der Waals surface area contributed by atoms with E-state index in [9.17, 15) is 4.79 Å². The first-order valence-corrected chi connectivity index (χ1v) is 7.96. The molecule has 8 heteroatoms. The van der Waals surface area contributed by atoms with Crippen LogP contribution in [0.25, 0.3) is 0 Å². The Kier molecular flexibility index (Phi) is 4.31. The maximum absolute atomic E-state index is 12.5. The molecule has 0 bridgehead atoms. The van der Waals surface area contributed by atoms with Crippen LogP contribution in [0, 0.1) is 6.92 Å². The second kappa shape index (κ2) is 6.27. The van der Waals surface area contributed by atoms with Gasteiger partial charge in [0.25, 0.3) is 5.91 Å². The molecule has 1 saturated heterocycles. The van der Waals surface area contributed by atoms with E-state index in [0.29, 0.717) is 24.7 Å². The third kappa shape index (κ3) is 3.43. The molecule has 1 aliphatic heterocycles. The molecule has 0 radical (unpaired) electrons. The van der Waals surface area contributed by atoms with Crippen molar-refractivity contribution in [3.05, 3.63) is 29.8 Å². The van der Waals surface area contributed by atoms with Gasteiger partial charge in [-0.1, -0.05) is 0 Å². The van der Waals surface area contributed by atoms with Gasteiger partial charge in [-0.25, -0.2) is 0 Å². The second-order valence-corrected chi connectivity index (χ2v) is 6.96. The molecule has 3 rings (SSSR count). The zero-order valence-corrected chi connectivity index (χ0v) is 14.4. The number of rotatable bonds is 4. The Morgan fingerprint density at radius 2 is 2.25 bits per heavy atom. The number of hydrogen-bond acceptors (Lipinski definition) is 5. The molecule has 1 amide bonds. The van der Waals surface area contributed by atoms with Crippen molar-refractivity contribution in [3.63, 3.8) is 0 Å². The number of hydrogen-bond donors (Lipinski definition) is 2. The number of amides is 1. The summed E-state index contributed by atoms with van der Waals surface area (Å²) < 4.78 is 13.1. The third-order valence-corrected chi connectivity index (χ3v) is 3.86. The summed E-state index contributed by atoms with van der Waals surface area (Å²) in [5, 5.41) is 13.9. The van der Waals surface area contributed by atoms with E-state index in [1.165, 1.54) is 0 Å². The first kappa shape index (κ1) is 16.5. The topological polar surface area (TPSA) is 94.1 Å². The minimum absolute atomic E-state index is 0.175. The van der Waals surface area contributed by atoms with E-state index < -0.39 is 0 Å². The molecule has 0 aromatic carbocycles. The number of carbonyl (C=O) groups is 1. The van der Waals surface area contributed by atoms with Gasteiger partial charge in [0.05, 0.1) is 37.2 Å².